The van der Waals surface area contributed by atoms with Crippen molar-refractivity contribution in [1.29, 1.82) is 0 Å². The van der Waals surface area contributed by atoms with Crippen LogP contribution >= 0.6 is 35.1 Å². The van der Waals surface area contributed by atoms with E-state index in [9.17, 15) is 14.7 Å². The summed E-state index contributed by atoms with van der Waals surface area (Å²) in [6.45, 7) is 4.82. The third-order valence-electron chi connectivity index (χ3n) is 5.96. The van der Waals surface area contributed by atoms with Crippen LogP contribution in [0.25, 0.3) is 11.1 Å². The van der Waals surface area contributed by atoms with Crippen molar-refractivity contribution in [3.63, 3.8) is 0 Å². The van der Waals surface area contributed by atoms with Crippen molar-refractivity contribution >= 4 is 59.0 Å². The smallest absolute Gasteiger partial charge is 0.373 e. The van der Waals surface area contributed by atoms with Crippen LogP contribution in [0, 0.1) is 5.92 Å². The third-order valence-corrected chi connectivity index (χ3v) is 7.86. The molecule has 0 aromatic heterocycles. The van der Waals surface area contributed by atoms with E-state index in [0.29, 0.717) is 40.2 Å². The van der Waals surface area contributed by atoms with Gasteiger partial charge in [-0.05, 0) is 71.7 Å². The number of carbonyl (C=O) groups excluding carboxylic acids is 3. The number of aliphatic carboxylic acids is 1. The fourth-order valence-corrected chi connectivity index (χ4v) is 4.92. The van der Waals surface area contributed by atoms with Gasteiger partial charge in [0.25, 0.3) is 0 Å². The molecule has 0 saturated heterocycles. The molecule has 0 saturated carbocycles. The number of carbonyl (C=O) groups is 2. The summed E-state index contributed by atoms with van der Waals surface area (Å²) in [5.74, 6) is -0.512. The van der Waals surface area contributed by atoms with E-state index in [1.54, 1.807) is 18.2 Å². The number of rotatable bonds is 12. The molecule has 0 aliphatic heterocycles. The van der Waals surface area contributed by atoms with Gasteiger partial charge in [0.05, 0.1) is 14.9 Å². The molecule has 2 unspecified atom stereocenters. The molecule has 2 atom stereocenters. The molecule has 0 heterocycles. The maximum absolute atomic E-state index is 12.2. The molecule has 0 aliphatic rings. The van der Waals surface area contributed by atoms with E-state index in [-0.39, 0.29) is 12.2 Å². The largest absolute Gasteiger partial charge is 0.480 e. The SMILES string of the molecule is CCC(C)CNC(=O)Nc1cccc(-c2ccc(CCC(NSc3c(Cl)cccc3Cl)C(=O)O)cc2)c1.O=C=O. The molecule has 0 bridgehead atoms. The number of anilines is 1. The Morgan fingerprint density at radius 2 is 1.60 bits per heavy atom. The Kier molecular flexibility index (Phi) is 14.3. The van der Waals surface area contributed by atoms with Gasteiger partial charge in [-0.15, -0.1) is 0 Å². The van der Waals surface area contributed by atoms with Gasteiger partial charge in [0, 0.05) is 12.2 Å². The van der Waals surface area contributed by atoms with E-state index >= 15 is 0 Å². The van der Waals surface area contributed by atoms with Gasteiger partial charge in [-0.1, -0.05) is 85.9 Å². The van der Waals surface area contributed by atoms with E-state index in [4.69, 9.17) is 32.8 Å². The maximum Gasteiger partial charge on any atom is 0.373 e. The lowest BCUT2D eigenvalue weighted by atomic mass is 10.0. The third kappa shape index (κ3) is 11.0. The number of aryl methyl sites for hydroxylation is 1. The molecule has 0 spiro atoms. The van der Waals surface area contributed by atoms with Crippen LogP contribution in [-0.2, 0) is 20.8 Å². The van der Waals surface area contributed by atoms with Crippen molar-refractivity contribution in [2.24, 2.45) is 5.92 Å². The van der Waals surface area contributed by atoms with Gasteiger partial charge in [-0.2, -0.15) is 9.59 Å². The van der Waals surface area contributed by atoms with Crippen molar-refractivity contribution in [3.05, 3.63) is 82.3 Å². The molecule has 0 fully saturated rings. The first-order valence-electron chi connectivity index (χ1n) is 12.5. The molecule has 40 heavy (non-hydrogen) atoms. The van der Waals surface area contributed by atoms with E-state index in [2.05, 4.69) is 29.2 Å². The van der Waals surface area contributed by atoms with Crippen LogP contribution in [0.15, 0.2) is 71.6 Å². The van der Waals surface area contributed by atoms with Crippen LogP contribution in [0.1, 0.15) is 32.3 Å². The van der Waals surface area contributed by atoms with Crippen LogP contribution in [-0.4, -0.2) is 35.8 Å². The van der Waals surface area contributed by atoms with Crippen molar-refractivity contribution in [2.75, 3.05) is 11.9 Å². The lowest BCUT2D eigenvalue weighted by Crippen LogP contribution is -2.32. The Morgan fingerprint density at radius 3 is 2.20 bits per heavy atom. The van der Waals surface area contributed by atoms with Crippen LogP contribution in [0.3, 0.4) is 0 Å². The Bertz CT molecular complexity index is 1280. The molecule has 3 aromatic carbocycles. The van der Waals surface area contributed by atoms with Gasteiger partial charge in [0.15, 0.2) is 0 Å². The number of benzene rings is 3. The molecular weight excluding hydrogens is 573 g/mol. The summed E-state index contributed by atoms with van der Waals surface area (Å²) in [5, 5.41) is 16.4. The van der Waals surface area contributed by atoms with Crippen LogP contribution in [0.2, 0.25) is 10.0 Å². The fraction of sp³-hybridized carbons (Fsp3) is 0.276. The van der Waals surface area contributed by atoms with Gasteiger partial charge in [-0.25, -0.2) is 9.52 Å². The Hall–Kier alpha value is -3.33. The second kappa shape index (κ2) is 17.4. The second-order valence-corrected chi connectivity index (χ2v) is 10.6. The van der Waals surface area contributed by atoms with E-state index in [1.165, 1.54) is 0 Å². The summed E-state index contributed by atoms with van der Waals surface area (Å²) < 4.78 is 2.97. The molecule has 2 amide bonds. The molecule has 3 rings (SSSR count). The first kappa shape index (κ1) is 32.9. The lowest BCUT2D eigenvalue weighted by molar-refractivity contribution is -0.191. The normalized spacial score (nSPS) is 11.8. The number of urea groups is 1. The first-order valence-corrected chi connectivity index (χ1v) is 14.1. The zero-order chi connectivity index (χ0) is 29.5. The summed E-state index contributed by atoms with van der Waals surface area (Å²) in [5.41, 5.74) is 3.72. The molecule has 8 nitrogen and oxygen atoms in total. The number of amides is 2. The summed E-state index contributed by atoms with van der Waals surface area (Å²) in [4.78, 5) is 40.8. The summed E-state index contributed by atoms with van der Waals surface area (Å²) in [6, 6.07) is 19.8. The minimum Gasteiger partial charge on any atom is -0.480 e. The van der Waals surface area contributed by atoms with E-state index in [1.807, 2.05) is 48.5 Å². The zero-order valence-corrected chi connectivity index (χ0v) is 24.4. The summed E-state index contributed by atoms with van der Waals surface area (Å²) >= 11 is 13.5. The quantitative estimate of drug-likeness (QED) is 0.165. The number of carboxylic acid groups (broad SMARTS) is 1. The number of nitrogens with one attached hydrogen (secondary N) is 3. The fourth-order valence-electron chi connectivity index (χ4n) is 3.48. The predicted octanol–water partition coefficient (Wildman–Crippen LogP) is 6.93. The van der Waals surface area contributed by atoms with Crippen LogP contribution < -0.4 is 15.4 Å². The van der Waals surface area contributed by atoms with Crippen LogP contribution in [0.4, 0.5) is 10.5 Å². The van der Waals surface area contributed by atoms with Gasteiger partial charge in [-0.3, -0.25) is 4.79 Å². The molecule has 3 aromatic rings. The van der Waals surface area contributed by atoms with Gasteiger partial charge in [0.2, 0.25) is 0 Å². The summed E-state index contributed by atoms with van der Waals surface area (Å²) in [6.07, 6.45) is 2.24. The lowest BCUT2D eigenvalue weighted by Gasteiger charge is -2.15. The highest BCUT2D eigenvalue weighted by Crippen LogP contribution is 2.32. The minimum absolute atomic E-state index is 0.218. The zero-order valence-electron chi connectivity index (χ0n) is 22.1. The van der Waals surface area contributed by atoms with E-state index < -0.39 is 12.0 Å². The Balaban J connectivity index is 0.00000178. The number of halogens is 2. The minimum atomic E-state index is -0.940. The number of hydrogen-bond acceptors (Lipinski definition) is 6. The highest BCUT2D eigenvalue weighted by atomic mass is 35.5. The standard InChI is InChI=1S/C28H31Cl2N3O3S.CO2/c1-3-18(2)17-31-28(36)32-22-7-4-6-21(16-22)20-13-10-19(11-14-20)12-15-25(27(34)35)33-37-26-23(29)8-5-9-24(26)30;2-1-3/h4-11,13-14,16,18,25,33H,3,12,15,17H2,1-2H3,(H,34,35)(H2,31,32,36);. The molecule has 0 aliphatic carbocycles. The topological polar surface area (TPSA) is 125 Å². The molecule has 0 radical (unpaired) electrons. The van der Waals surface area contributed by atoms with Crippen molar-refractivity contribution in [2.45, 2.75) is 44.0 Å². The maximum atomic E-state index is 12.2. The molecular formula is C29H31Cl2N3O5S. The highest BCUT2D eigenvalue weighted by Gasteiger charge is 2.19. The number of hydrogen-bond donors (Lipinski definition) is 4. The average molecular weight is 605 g/mol. The highest BCUT2D eigenvalue weighted by molar-refractivity contribution is 7.97. The van der Waals surface area contributed by atoms with Crippen LogP contribution in [0.5, 0.6) is 0 Å². The monoisotopic (exact) mass is 603 g/mol. The predicted molar refractivity (Wildman–Crippen MR) is 159 cm³/mol. The van der Waals surface area contributed by atoms with Gasteiger partial charge < -0.3 is 15.7 Å². The number of carboxylic acids is 1. The second-order valence-electron chi connectivity index (χ2n) is 8.91. The summed E-state index contributed by atoms with van der Waals surface area (Å²) in [7, 11) is 0. The van der Waals surface area contributed by atoms with E-state index in [0.717, 1.165) is 40.7 Å². The van der Waals surface area contributed by atoms with Crippen molar-refractivity contribution in [1.82, 2.24) is 10.0 Å². The van der Waals surface area contributed by atoms with Gasteiger partial charge >= 0.3 is 18.2 Å². The van der Waals surface area contributed by atoms with Crippen molar-refractivity contribution in [3.8, 4) is 11.1 Å². The Morgan fingerprint density at radius 1 is 0.975 bits per heavy atom. The average Bonchev–Trinajstić information content (AvgIpc) is 2.93. The Labute approximate surface area is 248 Å². The van der Waals surface area contributed by atoms with Gasteiger partial charge in [0.1, 0.15) is 6.04 Å². The molecule has 11 heteroatoms. The van der Waals surface area contributed by atoms with Crippen molar-refractivity contribution < 1.29 is 24.3 Å². The molecule has 212 valence electrons. The molecule has 4 N–H and O–H groups in total. The first-order chi connectivity index (χ1) is 19.2.